The second-order valence-electron chi connectivity index (χ2n) is 9.25. The van der Waals surface area contributed by atoms with Crippen molar-refractivity contribution in [1.29, 1.82) is 0 Å². The van der Waals surface area contributed by atoms with Crippen molar-refractivity contribution >= 4 is 17.4 Å². The van der Waals surface area contributed by atoms with E-state index in [1.165, 1.54) is 0 Å². The first-order valence-corrected chi connectivity index (χ1v) is 11.5. The number of halogens is 6. The predicted molar refractivity (Wildman–Crippen MR) is 104 cm³/mol. The van der Waals surface area contributed by atoms with Crippen LogP contribution in [0.5, 0.6) is 0 Å². The number of ketones is 1. The number of hydrogen-bond acceptors (Lipinski definition) is 3. The summed E-state index contributed by atoms with van der Waals surface area (Å²) in [5, 5.41) is 11.9. The zero-order valence-corrected chi connectivity index (χ0v) is 17.6. The number of carbonyl (C=O) groups is 1. The Morgan fingerprint density at radius 3 is 2.13 bits per heavy atom. The number of aliphatic hydroxyl groups is 1. The second-order valence-corrected chi connectivity index (χ2v) is 9.86. The van der Waals surface area contributed by atoms with Crippen LogP contribution in [-0.4, -0.2) is 47.6 Å². The number of rotatable bonds is 5. The molecule has 1 saturated heterocycles. The minimum atomic E-state index is -4.83. The fraction of sp³-hybridized carbons (Fsp3) is 0.952. The third kappa shape index (κ3) is 5.12. The normalized spacial score (nSPS) is 39.3. The Morgan fingerprint density at radius 1 is 1.03 bits per heavy atom. The predicted octanol–water partition coefficient (Wildman–Crippen LogP) is 4.94. The highest BCUT2D eigenvalue weighted by molar-refractivity contribution is 6.20. The summed E-state index contributed by atoms with van der Waals surface area (Å²) in [6, 6.07) is -4.09. The van der Waals surface area contributed by atoms with Crippen molar-refractivity contribution in [2.24, 2.45) is 29.6 Å². The van der Waals surface area contributed by atoms with Gasteiger partial charge in [-0.05, 0) is 37.5 Å². The Hall–Kier alpha value is -0.470. The monoisotopic (exact) mass is 459 g/mol. The Labute approximate surface area is 179 Å². The van der Waals surface area contributed by atoms with Crippen LogP contribution in [0.3, 0.4) is 0 Å². The molecular weight excluding hydrogens is 429 g/mol. The molecule has 0 aromatic rings. The standard InChI is InChI=1S/C21H31ClF5NO2/c22-13-8-6-12(7-9-13)18(30)16-15(11-4-2-1-3-5-11)14(10-29)17(20(23)24)28-19(16)21(25,26)27/h11-17,19-20,28-29H,1-10H2. The van der Waals surface area contributed by atoms with Gasteiger partial charge in [0.2, 0.25) is 0 Å². The van der Waals surface area contributed by atoms with E-state index in [9.17, 15) is 31.9 Å². The lowest BCUT2D eigenvalue weighted by Gasteiger charge is -2.51. The van der Waals surface area contributed by atoms with Crippen molar-refractivity contribution in [1.82, 2.24) is 5.32 Å². The summed E-state index contributed by atoms with van der Waals surface area (Å²) in [7, 11) is 0. The van der Waals surface area contributed by atoms with E-state index in [1.807, 2.05) is 0 Å². The molecular formula is C21H31ClF5NO2. The van der Waals surface area contributed by atoms with E-state index in [0.717, 1.165) is 19.3 Å². The van der Waals surface area contributed by atoms with E-state index in [2.05, 4.69) is 5.32 Å². The molecule has 0 aromatic heterocycles. The number of alkyl halides is 6. The molecule has 3 nitrogen and oxygen atoms in total. The topological polar surface area (TPSA) is 49.3 Å². The fourth-order valence-electron chi connectivity index (χ4n) is 6.08. The molecule has 0 aromatic carbocycles. The van der Waals surface area contributed by atoms with Gasteiger partial charge in [0.05, 0.1) is 6.04 Å². The molecule has 2 aliphatic carbocycles. The average Bonchev–Trinajstić information content (AvgIpc) is 2.72. The Kier molecular flexibility index (Phi) is 8.05. The first-order chi connectivity index (χ1) is 14.1. The van der Waals surface area contributed by atoms with Crippen molar-refractivity contribution < 1.29 is 31.9 Å². The maximum absolute atomic E-state index is 14.0. The largest absolute Gasteiger partial charge is 0.404 e. The van der Waals surface area contributed by atoms with Crippen LogP contribution in [0.15, 0.2) is 0 Å². The zero-order valence-electron chi connectivity index (χ0n) is 16.9. The van der Waals surface area contributed by atoms with Crippen LogP contribution < -0.4 is 5.32 Å². The minimum absolute atomic E-state index is 0.0838. The van der Waals surface area contributed by atoms with Crippen molar-refractivity contribution in [2.75, 3.05) is 6.61 Å². The molecule has 3 aliphatic rings. The van der Waals surface area contributed by atoms with E-state index in [4.69, 9.17) is 11.6 Å². The SMILES string of the molecule is O=C(C1CCC(Cl)CC1)C1C(C2CCCCC2)C(CO)C(C(F)F)NC1C(F)(F)F. The molecule has 0 amide bonds. The van der Waals surface area contributed by atoms with Gasteiger partial charge in [-0.2, -0.15) is 13.2 Å². The van der Waals surface area contributed by atoms with Gasteiger partial charge in [0, 0.05) is 29.7 Å². The molecule has 5 unspecified atom stereocenters. The van der Waals surface area contributed by atoms with Crippen LogP contribution in [0.25, 0.3) is 0 Å². The van der Waals surface area contributed by atoms with Gasteiger partial charge in [0.15, 0.2) is 0 Å². The second kappa shape index (κ2) is 9.99. The number of aliphatic hydroxyl groups excluding tert-OH is 1. The summed E-state index contributed by atoms with van der Waals surface area (Å²) in [4.78, 5) is 13.5. The Bertz CT molecular complexity index is 576. The third-order valence-corrected chi connectivity index (χ3v) is 7.95. The summed E-state index contributed by atoms with van der Waals surface area (Å²) in [5.74, 6) is -4.71. The van der Waals surface area contributed by atoms with Crippen LogP contribution in [0, 0.1) is 29.6 Å². The average molecular weight is 460 g/mol. The molecule has 30 heavy (non-hydrogen) atoms. The van der Waals surface area contributed by atoms with E-state index in [1.54, 1.807) is 0 Å². The lowest BCUT2D eigenvalue weighted by atomic mass is 9.59. The Morgan fingerprint density at radius 2 is 1.63 bits per heavy atom. The van der Waals surface area contributed by atoms with Gasteiger partial charge in [0.1, 0.15) is 11.8 Å². The van der Waals surface area contributed by atoms with Crippen molar-refractivity contribution in [3.05, 3.63) is 0 Å². The third-order valence-electron chi connectivity index (χ3n) is 7.52. The summed E-state index contributed by atoms with van der Waals surface area (Å²) < 4.78 is 69.6. The number of piperidine rings is 1. The summed E-state index contributed by atoms with van der Waals surface area (Å²) >= 11 is 6.10. The number of hydrogen-bond donors (Lipinski definition) is 2. The number of Topliss-reactive ketones (excluding diaryl/α,β-unsaturated/α-hetero) is 1. The van der Waals surface area contributed by atoms with Crippen LogP contribution >= 0.6 is 11.6 Å². The molecule has 0 spiro atoms. The lowest BCUT2D eigenvalue weighted by Crippen LogP contribution is -2.67. The van der Waals surface area contributed by atoms with Crippen LogP contribution in [0.1, 0.15) is 57.8 Å². The maximum Gasteiger partial charge on any atom is 0.404 e. The highest BCUT2D eigenvalue weighted by atomic mass is 35.5. The van der Waals surface area contributed by atoms with Crippen molar-refractivity contribution in [3.63, 3.8) is 0 Å². The fourth-order valence-corrected chi connectivity index (χ4v) is 6.33. The van der Waals surface area contributed by atoms with Crippen LogP contribution in [0.4, 0.5) is 22.0 Å². The van der Waals surface area contributed by atoms with E-state index >= 15 is 0 Å². The first kappa shape index (κ1) is 24.2. The molecule has 1 aliphatic heterocycles. The van der Waals surface area contributed by atoms with E-state index in [-0.39, 0.29) is 11.3 Å². The lowest BCUT2D eigenvalue weighted by molar-refractivity contribution is -0.203. The summed E-state index contributed by atoms with van der Waals surface area (Å²) in [6.07, 6.45) is -2.13. The minimum Gasteiger partial charge on any atom is -0.396 e. The molecule has 174 valence electrons. The van der Waals surface area contributed by atoms with Gasteiger partial charge >= 0.3 is 6.18 Å². The van der Waals surface area contributed by atoms with Crippen LogP contribution in [-0.2, 0) is 4.79 Å². The Balaban J connectivity index is 1.99. The maximum atomic E-state index is 14.0. The molecule has 9 heteroatoms. The van der Waals surface area contributed by atoms with Gasteiger partial charge < -0.3 is 5.11 Å². The molecule has 2 saturated carbocycles. The molecule has 1 heterocycles. The highest BCUT2D eigenvalue weighted by Gasteiger charge is 2.60. The van der Waals surface area contributed by atoms with Gasteiger partial charge in [-0.25, -0.2) is 8.78 Å². The molecule has 2 N–H and O–H groups in total. The molecule has 5 atom stereocenters. The van der Waals surface area contributed by atoms with Crippen molar-refractivity contribution in [2.45, 2.75) is 87.8 Å². The van der Waals surface area contributed by atoms with Crippen molar-refractivity contribution in [3.8, 4) is 0 Å². The summed E-state index contributed by atoms with van der Waals surface area (Å²) in [5.41, 5.74) is 0. The zero-order chi connectivity index (χ0) is 22.1. The number of carbonyl (C=O) groups excluding carboxylic acids is 1. The van der Waals surface area contributed by atoms with Gasteiger partial charge in [-0.1, -0.05) is 32.1 Å². The molecule has 3 rings (SSSR count). The van der Waals surface area contributed by atoms with Crippen LogP contribution in [0.2, 0.25) is 0 Å². The van der Waals surface area contributed by atoms with Gasteiger partial charge in [0.25, 0.3) is 6.43 Å². The van der Waals surface area contributed by atoms with E-state index < -0.39 is 60.7 Å². The van der Waals surface area contributed by atoms with Gasteiger partial charge in [-0.15, -0.1) is 11.6 Å². The number of nitrogens with one attached hydrogen (secondary N) is 1. The summed E-state index contributed by atoms with van der Waals surface area (Å²) in [6.45, 7) is -0.661. The smallest absolute Gasteiger partial charge is 0.396 e. The van der Waals surface area contributed by atoms with Gasteiger partial charge in [-0.3, -0.25) is 10.1 Å². The van der Waals surface area contributed by atoms with E-state index in [0.29, 0.717) is 38.5 Å². The first-order valence-electron chi connectivity index (χ1n) is 11.0. The molecule has 3 fully saturated rings. The molecule has 0 bridgehead atoms. The molecule has 0 radical (unpaired) electrons. The highest BCUT2D eigenvalue weighted by Crippen LogP contribution is 2.49. The quantitative estimate of drug-likeness (QED) is 0.452.